The van der Waals surface area contributed by atoms with Crippen molar-refractivity contribution in [1.82, 2.24) is 4.31 Å². The van der Waals surface area contributed by atoms with Gasteiger partial charge in [-0.05, 0) is 30.3 Å². The fourth-order valence-corrected chi connectivity index (χ4v) is 5.78. The van der Waals surface area contributed by atoms with E-state index in [4.69, 9.17) is 14.7 Å². The maximum Gasteiger partial charge on any atom is 0.243 e. The first-order chi connectivity index (χ1) is 14.7. The molecule has 164 valence electrons. The standard InChI is InChI=1S/C20H21N3O6S2/c1-28-11-9-23(10-12-29-2)31(26,27)18-7-4-6-17(13-18)30(24,25)20-8-3-5-16(14-21)19(20)15-22/h3-8,13H,9-12H2,1-2H3. The Morgan fingerprint density at radius 3 is 2.00 bits per heavy atom. The number of ether oxygens (including phenoxy) is 2. The third-order valence-corrected chi connectivity index (χ3v) is 8.08. The Morgan fingerprint density at radius 2 is 1.45 bits per heavy atom. The Labute approximate surface area is 182 Å². The van der Waals surface area contributed by atoms with Gasteiger partial charge < -0.3 is 9.47 Å². The van der Waals surface area contributed by atoms with E-state index in [1.54, 1.807) is 12.1 Å². The lowest BCUT2D eigenvalue weighted by Gasteiger charge is -2.22. The highest BCUT2D eigenvalue weighted by molar-refractivity contribution is 7.91. The molecule has 0 atom stereocenters. The van der Waals surface area contributed by atoms with Gasteiger partial charge in [-0.3, -0.25) is 0 Å². The first kappa shape index (κ1) is 24.5. The molecule has 0 bridgehead atoms. The highest BCUT2D eigenvalue weighted by Crippen LogP contribution is 2.28. The van der Waals surface area contributed by atoms with E-state index in [0.717, 1.165) is 10.4 Å². The van der Waals surface area contributed by atoms with E-state index in [0.29, 0.717) is 0 Å². The van der Waals surface area contributed by atoms with Crippen LogP contribution >= 0.6 is 0 Å². The van der Waals surface area contributed by atoms with Crippen LogP contribution in [0.15, 0.2) is 57.2 Å². The van der Waals surface area contributed by atoms with E-state index in [9.17, 15) is 22.1 Å². The van der Waals surface area contributed by atoms with Gasteiger partial charge in [-0.15, -0.1) is 0 Å². The average Bonchev–Trinajstić information content (AvgIpc) is 2.78. The zero-order valence-corrected chi connectivity index (χ0v) is 18.6. The van der Waals surface area contributed by atoms with Crippen molar-refractivity contribution in [3.05, 3.63) is 53.6 Å². The van der Waals surface area contributed by atoms with Crippen LogP contribution in [-0.2, 0) is 29.3 Å². The topological polar surface area (TPSA) is 138 Å². The van der Waals surface area contributed by atoms with Gasteiger partial charge in [0.1, 0.15) is 12.1 Å². The molecule has 2 aromatic rings. The molecule has 0 amide bonds. The number of methoxy groups -OCH3 is 2. The quantitative estimate of drug-likeness (QED) is 0.517. The van der Waals surface area contributed by atoms with Gasteiger partial charge in [-0.25, -0.2) is 16.8 Å². The lowest BCUT2D eigenvalue weighted by atomic mass is 10.1. The Balaban J connectivity index is 2.57. The number of rotatable bonds is 10. The molecule has 0 heterocycles. The molecular formula is C20H21N3O6S2. The van der Waals surface area contributed by atoms with Crippen LogP contribution in [0, 0.1) is 22.7 Å². The fraction of sp³-hybridized carbons (Fsp3) is 0.300. The van der Waals surface area contributed by atoms with Crippen LogP contribution in [0.1, 0.15) is 11.1 Å². The van der Waals surface area contributed by atoms with E-state index in [1.807, 2.05) is 0 Å². The summed E-state index contributed by atoms with van der Waals surface area (Å²) in [5, 5.41) is 18.5. The van der Waals surface area contributed by atoms with Gasteiger partial charge in [-0.1, -0.05) is 12.1 Å². The summed E-state index contributed by atoms with van der Waals surface area (Å²) >= 11 is 0. The molecule has 0 saturated carbocycles. The summed E-state index contributed by atoms with van der Waals surface area (Å²) in [6.07, 6.45) is 0. The Hall–Kier alpha value is -2.80. The van der Waals surface area contributed by atoms with E-state index in [1.165, 1.54) is 50.6 Å². The number of hydrogen-bond acceptors (Lipinski definition) is 8. The van der Waals surface area contributed by atoms with Gasteiger partial charge in [0.25, 0.3) is 0 Å². The summed E-state index contributed by atoms with van der Waals surface area (Å²) in [6.45, 7) is 0.408. The monoisotopic (exact) mass is 463 g/mol. The molecule has 2 rings (SSSR count). The van der Waals surface area contributed by atoms with Gasteiger partial charge in [0.05, 0.1) is 39.0 Å². The highest BCUT2D eigenvalue weighted by atomic mass is 32.2. The number of nitrogens with zero attached hydrogens (tertiary/aromatic N) is 3. The second-order valence-corrected chi connectivity index (χ2v) is 10.1. The van der Waals surface area contributed by atoms with Crippen LogP contribution in [0.3, 0.4) is 0 Å². The van der Waals surface area contributed by atoms with Crippen LogP contribution < -0.4 is 0 Å². The lowest BCUT2D eigenvalue weighted by molar-refractivity contribution is 0.150. The molecule has 0 aromatic heterocycles. The van der Waals surface area contributed by atoms with E-state index in [2.05, 4.69) is 0 Å². The molecule has 0 saturated heterocycles. The molecule has 0 aliphatic rings. The smallest absolute Gasteiger partial charge is 0.243 e. The SMILES string of the molecule is COCCN(CCOC)S(=O)(=O)c1cccc(S(=O)(=O)c2cccc(C#N)c2C#N)c1. The minimum atomic E-state index is -4.26. The van der Waals surface area contributed by atoms with Crippen LogP contribution in [0.2, 0.25) is 0 Å². The highest BCUT2D eigenvalue weighted by Gasteiger charge is 2.28. The molecular weight excluding hydrogens is 442 g/mol. The molecule has 31 heavy (non-hydrogen) atoms. The molecule has 0 aliphatic carbocycles. The van der Waals surface area contributed by atoms with Gasteiger partial charge in [0.15, 0.2) is 0 Å². The molecule has 0 unspecified atom stereocenters. The summed E-state index contributed by atoms with van der Waals surface area (Å²) in [6, 6.07) is 12.3. The van der Waals surface area contributed by atoms with E-state index in [-0.39, 0.29) is 52.1 Å². The van der Waals surface area contributed by atoms with E-state index >= 15 is 0 Å². The van der Waals surface area contributed by atoms with Crippen molar-refractivity contribution in [2.75, 3.05) is 40.5 Å². The molecule has 11 heteroatoms. The maximum absolute atomic E-state index is 13.2. The van der Waals surface area contributed by atoms with Crippen molar-refractivity contribution in [2.24, 2.45) is 0 Å². The number of hydrogen-bond donors (Lipinski definition) is 0. The Bertz CT molecular complexity index is 1220. The number of nitriles is 2. The Kier molecular flexibility index (Phi) is 8.28. The van der Waals surface area contributed by atoms with Crippen molar-refractivity contribution in [1.29, 1.82) is 10.5 Å². The summed E-state index contributed by atoms with van der Waals surface area (Å²) in [5.41, 5.74) is -0.377. The second-order valence-electron chi connectivity index (χ2n) is 6.27. The summed E-state index contributed by atoms with van der Waals surface area (Å²) in [4.78, 5) is -0.895. The van der Waals surface area contributed by atoms with Crippen molar-refractivity contribution in [3.8, 4) is 12.1 Å². The van der Waals surface area contributed by atoms with Crippen LogP contribution in [0.4, 0.5) is 0 Å². The third-order valence-electron chi connectivity index (χ3n) is 4.39. The van der Waals surface area contributed by atoms with Crippen LogP contribution in [0.25, 0.3) is 0 Å². The van der Waals surface area contributed by atoms with Crippen molar-refractivity contribution < 1.29 is 26.3 Å². The van der Waals surface area contributed by atoms with Gasteiger partial charge in [0, 0.05) is 27.3 Å². The molecule has 9 nitrogen and oxygen atoms in total. The number of benzene rings is 2. The molecule has 0 radical (unpaired) electrons. The molecule has 0 spiro atoms. The zero-order valence-electron chi connectivity index (χ0n) is 17.0. The maximum atomic E-state index is 13.2. The number of sulfonamides is 1. The minimum Gasteiger partial charge on any atom is -0.383 e. The van der Waals surface area contributed by atoms with Gasteiger partial charge in [-0.2, -0.15) is 14.8 Å². The Morgan fingerprint density at radius 1 is 0.871 bits per heavy atom. The second kappa shape index (κ2) is 10.5. The van der Waals surface area contributed by atoms with Crippen molar-refractivity contribution >= 4 is 19.9 Å². The molecule has 2 aromatic carbocycles. The van der Waals surface area contributed by atoms with Crippen molar-refractivity contribution in [3.63, 3.8) is 0 Å². The zero-order chi connectivity index (χ0) is 23.1. The summed E-state index contributed by atoms with van der Waals surface area (Å²) in [5.74, 6) is 0. The lowest BCUT2D eigenvalue weighted by Crippen LogP contribution is -2.36. The van der Waals surface area contributed by atoms with Crippen molar-refractivity contribution in [2.45, 2.75) is 14.7 Å². The summed E-state index contributed by atoms with van der Waals surface area (Å²) < 4.78 is 63.6. The predicted molar refractivity (Wildman–Crippen MR) is 110 cm³/mol. The third kappa shape index (κ3) is 5.28. The molecule has 0 N–H and O–H groups in total. The van der Waals surface area contributed by atoms with E-state index < -0.39 is 19.9 Å². The van der Waals surface area contributed by atoms with Crippen LogP contribution in [0.5, 0.6) is 0 Å². The number of sulfone groups is 1. The average molecular weight is 464 g/mol. The van der Waals surface area contributed by atoms with Crippen LogP contribution in [-0.4, -0.2) is 61.7 Å². The predicted octanol–water partition coefficient (Wildman–Crippen LogP) is 1.55. The molecule has 0 fully saturated rings. The van der Waals surface area contributed by atoms with Gasteiger partial charge >= 0.3 is 0 Å². The fourth-order valence-electron chi connectivity index (χ4n) is 2.78. The first-order valence-corrected chi connectivity index (χ1v) is 11.9. The normalized spacial score (nSPS) is 11.8. The largest absolute Gasteiger partial charge is 0.383 e. The first-order valence-electron chi connectivity index (χ1n) is 9.00. The van der Waals surface area contributed by atoms with Gasteiger partial charge in [0.2, 0.25) is 19.9 Å². The summed E-state index contributed by atoms with van der Waals surface area (Å²) in [7, 11) is -5.43. The molecule has 0 aliphatic heterocycles. The minimum absolute atomic E-state index is 0.0575.